The van der Waals surface area contributed by atoms with E-state index in [1.807, 2.05) is 51.0 Å². The van der Waals surface area contributed by atoms with E-state index in [0.717, 1.165) is 6.16 Å². The first-order valence-corrected chi connectivity index (χ1v) is 31.9. The molecule has 0 saturated carbocycles. The van der Waals surface area contributed by atoms with Crippen LogP contribution in [0.1, 0.15) is 101 Å². The van der Waals surface area contributed by atoms with E-state index in [1.54, 1.807) is 48.5 Å². The number of nitrogens with zero attached hydrogens (tertiary/aromatic N) is 2. The van der Waals surface area contributed by atoms with Gasteiger partial charge in [0.25, 0.3) is 0 Å². The number of aliphatic hydroxyl groups is 5. The molecular formula is C64H100N2O16P+. The Bertz CT molecular complexity index is 2310. The molecule has 3 saturated heterocycles. The molecule has 6 rings (SSSR count). The van der Waals surface area contributed by atoms with E-state index < -0.39 is 109 Å². The average molecular weight is 1180 g/mol. The number of esters is 1. The second-order valence-electron chi connectivity index (χ2n) is 24.4. The standard InChI is InChI=1S/C64H100N2O16P/c1-14-52-64(10,73)57(69)46(6)66(53(67)30-31-75-32-33-76-34-35-77-36-37-83(48-24-18-15-19-25-48,49-26-20-16-21-27-49)50-28-22-17-23-29-50)41-42(2)39-62(8,72)59(82-61-55(68)51(65(11)12)38-43(3)78-61)44(4)56(45(5)60(71)80-52)81-54-40-63(9,74-13)58(70)47(7)79-54/h15-29,42-47,51-52,54-59,61,68-70,72-73H,14,30-41H2,1-13H3/q+1/t42-,43-,44+,45-,46-,47+,51+,52-,54+,55-,56+,57-,58+,59-,61+,62-,63-,64-/m1/s1. The summed E-state index contributed by atoms with van der Waals surface area (Å²) in [7, 11) is 3.18. The number of carbonyl (C=O) groups is 2. The van der Waals surface area contributed by atoms with E-state index in [4.69, 9.17) is 42.6 Å². The first-order valence-electron chi connectivity index (χ1n) is 29.9. The van der Waals surface area contributed by atoms with Gasteiger partial charge in [0.15, 0.2) is 12.6 Å². The highest BCUT2D eigenvalue weighted by Crippen LogP contribution is 2.55. The van der Waals surface area contributed by atoms with E-state index in [-0.39, 0.29) is 70.1 Å². The predicted octanol–water partition coefficient (Wildman–Crippen LogP) is 5.23. The number of ether oxygens (including phenoxy) is 9. The molecule has 18 nitrogen and oxygen atoms in total. The highest BCUT2D eigenvalue weighted by atomic mass is 31.2. The molecule has 3 heterocycles. The predicted molar refractivity (Wildman–Crippen MR) is 320 cm³/mol. The van der Waals surface area contributed by atoms with Gasteiger partial charge in [0.2, 0.25) is 5.91 Å². The largest absolute Gasteiger partial charge is 0.459 e. The average Bonchev–Trinajstić information content (AvgIpc) is 2.71. The fourth-order valence-corrected chi connectivity index (χ4v) is 16.9. The van der Waals surface area contributed by atoms with Gasteiger partial charge in [0.1, 0.15) is 53.2 Å². The summed E-state index contributed by atoms with van der Waals surface area (Å²) in [5, 5.41) is 64.2. The number of benzene rings is 3. The van der Waals surface area contributed by atoms with Gasteiger partial charge in [0.05, 0.1) is 99.8 Å². The minimum Gasteiger partial charge on any atom is -0.459 e. The third-order valence-electron chi connectivity index (χ3n) is 17.6. The maximum Gasteiger partial charge on any atom is 0.311 e. The third-order valence-corrected chi connectivity index (χ3v) is 22.0. The lowest BCUT2D eigenvalue weighted by molar-refractivity contribution is -0.318. The Labute approximate surface area is 494 Å². The summed E-state index contributed by atoms with van der Waals surface area (Å²) in [5.41, 5.74) is -4.92. The van der Waals surface area contributed by atoms with Crippen LogP contribution in [0.15, 0.2) is 91.0 Å². The fourth-order valence-electron chi connectivity index (χ4n) is 12.8. The maximum atomic E-state index is 14.7. The molecule has 83 heavy (non-hydrogen) atoms. The summed E-state index contributed by atoms with van der Waals surface area (Å²) in [5.74, 6) is -3.62. The van der Waals surface area contributed by atoms with Gasteiger partial charge in [-0.1, -0.05) is 75.4 Å². The molecule has 466 valence electrons. The number of carbonyl (C=O) groups excluding carboxylic acids is 2. The van der Waals surface area contributed by atoms with Crippen LogP contribution in [0.4, 0.5) is 0 Å². The van der Waals surface area contributed by atoms with E-state index in [1.165, 1.54) is 34.8 Å². The number of aliphatic hydroxyl groups excluding tert-OH is 3. The van der Waals surface area contributed by atoms with Crippen LogP contribution in [0, 0.1) is 17.8 Å². The second-order valence-corrected chi connectivity index (χ2v) is 28.0. The SMILES string of the molecule is CC[C@H]1OC(=O)[C@H](C)[C@@H](O[C@H]2C[C@@](C)(OC)[C@@H](O)[C@H](C)O2)[C@H](C)[C@@H](O[C@@H]2O[C@H](C)C[C@H](N(C)C)[C@H]2O)[C@](C)(O)C[C@@H](C)CN(C(=O)CCOCCOCCOCC[P+](c2ccccc2)(c2ccccc2)c2ccccc2)[C@H](C)[C@@H](O)[C@]1(C)O. The monoisotopic (exact) mass is 1180 g/mol. The molecule has 0 radical (unpaired) electrons. The molecule has 3 aromatic rings. The third kappa shape index (κ3) is 17.0. The van der Waals surface area contributed by atoms with E-state index in [2.05, 4.69) is 72.8 Å². The number of cyclic esters (lactones) is 1. The molecule has 3 aliphatic rings. The van der Waals surface area contributed by atoms with Gasteiger partial charge in [-0.05, 0) is 124 Å². The van der Waals surface area contributed by atoms with Gasteiger partial charge < -0.3 is 78.0 Å². The molecule has 0 unspecified atom stereocenters. The molecule has 3 fully saturated rings. The summed E-state index contributed by atoms with van der Waals surface area (Å²) in [6, 6.07) is 30.7. The van der Waals surface area contributed by atoms with Crippen molar-refractivity contribution in [1.29, 1.82) is 0 Å². The number of amides is 1. The van der Waals surface area contributed by atoms with Gasteiger partial charge in [-0.15, -0.1) is 0 Å². The Balaban J connectivity index is 1.15. The summed E-state index contributed by atoms with van der Waals surface area (Å²) < 4.78 is 56.2. The Morgan fingerprint density at radius 3 is 1.78 bits per heavy atom. The Kier molecular flexibility index (Phi) is 25.5. The highest BCUT2D eigenvalue weighted by Gasteiger charge is 2.53. The van der Waals surface area contributed by atoms with Crippen molar-refractivity contribution in [3.63, 3.8) is 0 Å². The topological polar surface area (TPSA) is 225 Å². The molecule has 3 aromatic carbocycles. The van der Waals surface area contributed by atoms with Crippen LogP contribution in [0.5, 0.6) is 0 Å². The van der Waals surface area contributed by atoms with Crippen LogP contribution in [-0.2, 0) is 52.2 Å². The van der Waals surface area contributed by atoms with Gasteiger partial charge in [-0.3, -0.25) is 9.59 Å². The molecule has 0 aliphatic carbocycles. The number of hydrogen-bond acceptors (Lipinski definition) is 17. The van der Waals surface area contributed by atoms with Crippen molar-refractivity contribution in [2.75, 3.05) is 73.6 Å². The molecular weight excluding hydrogens is 1080 g/mol. The van der Waals surface area contributed by atoms with Crippen LogP contribution in [-0.4, -0.2) is 211 Å². The minimum absolute atomic E-state index is 0.0154. The summed E-state index contributed by atoms with van der Waals surface area (Å²) in [6.07, 6.45) is -9.20. The van der Waals surface area contributed by atoms with Gasteiger partial charge >= 0.3 is 5.97 Å². The lowest BCUT2D eigenvalue weighted by atomic mass is 9.77. The zero-order chi connectivity index (χ0) is 60.9. The molecule has 3 aliphatic heterocycles. The van der Waals surface area contributed by atoms with E-state index >= 15 is 0 Å². The van der Waals surface area contributed by atoms with E-state index in [0.29, 0.717) is 26.2 Å². The van der Waals surface area contributed by atoms with Crippen molar-refractivity contribution in [1.82, 2.24) is 9.80 Å². The first-order chi connectivity index (χ1) is 39.3. The molecule has 0 bridgehead atoms. The van der Waals surface area contributed by atoms with Gasteiger partial charge in [0, 0.05) is 32.0 Å². The van der Waals surface area contributed by atoms with Crippen LogP contribution in [0.3, 0.4) is 0 Å². The first kappa shape index (κ1) is 68.6. The Morgan fingerprint density at radius 1 is 0.735 bits per heavy atom. The van der Waals surface area contributed by atoms with Gasteiger partial charge in [-0.2, -0.15) is 0 Å². The number of hydrogen-bond donors (Lipinski definition) is 5. The maximum absolute atomic E-state index is 14.7. The number of rotatable bonds is 22. The van der Waals surface area contributed by atoms with Crippen molar-refractivity contribution in [2.24, 2.45) is 17.8 Å². The molecule has 1 amide bonds. The summed E-state index contributed by atoms with van der Waals surface area (Å²) in [4.78, 5) is 32.6. The lowest BCUT2D eigenvalue weighted by Gasteiger charge is -2.48. The minimum atomic E-state index is -2.06. The van der Waals surface area contributed by atoms with Crippen molar-refractivity contribution in [2.45, 2.75) is 192 Å². The lowest BCUT2D eigenvalue weighted by Crippen LogP contribution is -2.60. The molecule has 18 atom stereocenters. The smallest absolute Gasteiger partial charge is 0.311 e. The van der Waals surface area contributed by atoms with Crippen LogP contribution >= 0.6 is 7.26 Å². The highest BCUT2D eigenvalue weighted by molar-refractivity contribution is 7.95. The quantitative estimate of drug-likeness (QED) is 0.0493. The van der Waals surface area contributed by atoms with Crippen molar-refractivity contribution >= 4 is 35.1 Å². The number of methoxy groups -OCH3 is 1. The molecule has 19 heteroatoms. The van der Waals surface area contributed by atoms with E-state index in [9.17, 15) is 35.1 Å². The van der Waals surface area contributed by atoms with Crippen LogP contribution in [0.25, 0.3) is 0 Å². The summed E-state index contributed by atoms with van der Waals surface area (Å²) >= 11 is 0. The van der Waals surface area contributed by atoms with Crippen molar-refractivity contribution in [3.8, 4) is 0 Å². The Morgan fingerprint density at radius 2 is 1.27 bits per heavy atom. The normalized spacial score (nSPS) is 35.3. The van der Waals surface area contributed by atoms with Gasteiger partial charge in [-0.25, -0.2) is 0 Å². The molecule has 0 aromatic heterocycles. The zero-order valence-electron chi connectivity index (χ0n) is 51.6. The van der Waals surface area contributed by atoms with Crippen LogP contribution < -0.4 is 15.9 Å². The van der Waals surface area contributed by atoms with Crippen molar-refractivity contribution in [3.05, 3.63) is 91.0 Å². The Hall–Kier alpha value is -3.53. The molecule has 5 N–H and O–H groups in total. The zero-order valence-corrected chi connectivity index (χ0v) is 52.5. The molecule has 0 spiro atoms. The number of likely N-dealkylation sites (N-methyl/N-ethyl adjacent to an activating group) is 1. The second kappa shape index (κ2) is 30.9. The summed E-state index contributed by atoms with van der Waals surface area (Å²) in [6.45, 7) is 18.8. The van der Waals surface area contributed by atoms with Crippen LogP contribution in [0.2, 0.25) is 0 Å². The van der Waals surface area contributed by atoms with Crippen molar-refractivity contribution < 1.29 is 77.8 Å². The fraction of sp³-hybridized carbons (Fsp3) is 0.688.